The molecule has 1 aromatic heterocycles. The van der Waals surface area contributed by atoms with Crippen molar-refractivity contribution in [1.29, 1.82) is 0 Å². The Morgan fingerprint density at radius 3 is 2.52 bits per heavy atom. The number of nitrogens with zero attached hydrogens (tertiary/aromatic N) is 3. The summed E-state index contributed by atoms with van der Waals surface area (Å²) in [5.41, 5.74) is 2.62. The van der Waals surface area contributed by atoms with E-state index in [0.29, 0.717) is 12.0 Å². The van der Waals surface area contributed by atoms with E-state index in [0.717, 1.165) is 63.2 Å². The number of hydrogen-bond donors (Lipinski definition) is 1. The summed E-state index contributed by atoms with van der Waals surface area (Å²) in [5.74, 6) is 0.135. The number of carbonyl (C=O) groups is 2. The van der Waals surface area contributed by atoms with Gasteiger partial charge >= 0.3 is 0 Å². The fourth-order valence-corrected chi connectivity index (χ4v) is 4.10. The van der Waals surface area contributed by atoms with Crippen LogP contribution < -0.4 is 10.2 Å². The summed E-state index contributed by atoms with van der Waals surface area (Å²) in [6.45, 7) is 3.54. The van der Waals surface area contributed by atoms with Gasteiger partial charge in [0.2, 0.25) is 5.91 Å². The molecule has 0 aliphatic carbocycles. The number of rotatable bonds is 5. The number of likely N-dealkylation sites (tertiary alicyclic amines) is 1. The Morgan fingerprint density at radius 1 is 1.03 bits per heavy atom. The minimum absolute atomic E-state index is 0.0373. The fourth-order valence-electron chi connectivity index (χ4n) is 4.10. The highest BCUT2D eigenvalue weighted by Gasteiger charge is 2.22. The average molecular weight is 393 g/mol. The van der Waals surface area contributed by atoms with Crippen molar-refractivity contribution in [1.82, 2.24) is 15.2 Å². The highest BCUT2D eigenvalue weighted by atomic mass is 16.2. The lowest BCUT2D eigenvalue weighted by Gasteiger charge is -2.32. The van der Waals surface area contributed by atoms with E-state index in [4.69, 9.17) is 0 Å². The van der Waals surface area contributed by atoms with Crippen LogP contribution in [0.3, 0.4) is 0 Å². The summed E-state index contributed by atoms with van der Waals surface area (Å²) >= 11 is 0. The molecule has 152 valence electrons. The first-order valence-electron chi connectivity index (χ1n) is 10.5. The molecule has 4 rings (SSSR count). The molecule has 2 saturated heterocycles. The van der Waals surface area contributed by atoms with E-state index in [-0.39, 0.29) is 17.9 Å². The number of carbonyl (C=O) groups excluding carboxylic acids is 2. The number of benzene rings is 1. The van der Waals surface area contributed by atoms with Crippen molar-refractivity contribution < 1.29 is 9.59 Å². The molecule has 0 saturated carbocycles. The van der Waals surface area contributed by atoms with E-state index in [1.165, 1.54) is 0 Å². The quantitative estimate of drug-likeness (QED) is 0.850. The summed E-state index contributed by atoms with van der Waals surface area (Å²) in [5, 5.41) is 3.17. The zero-order valence-corrected chi connectivity index (χ0v) is 16.7. The molecule has 1 N–H and O–H groups in total. The van der Waals surface area contributed by atoms with Gasteiger partial charge in [0.1, 0.15) is 0 Å². The summed E-state index contributed by atoms with van der Waals surface area (Å²) < 4.78 is 0. The molecule has 0 spiro atoms. The molecule has 0 bridgehead atoms. The van der Waals surface area contributed by atoms with Crippen LogP contribution in [0.4, 0.5) is 5.69 Å². The third-order valence-electron chi connectivity index (χ3n) is 5.80. The second kappa shape index (κ2) is 9.18. The Morgan fingerprint density at radius 2 is 1.83 bits per heavy atom. The molecule has 3 heterocycles. The lowest BCUT2D eigenvalue weighted by atomic mass is 10.0. The molecular weight excluding hydrogens is 364 g/mol. The maximum atomic E-state index is 12.6. The molecule has 6 heteroatoms. The predicted octanol–water partition coefficient (Wildman–Crippen LogP) is 2.99. The highest BCUT2D eigenvalue weighted by Crippen LogP contribution is 2.21. The predicted molar refractivity (Wildman–Crippen MR) is 113 cm³/mol. The Kier molecular flexibility index (Phi) is 6.20. The van der Waals surface area contributed by atoms with Gasteiger partial charge in [-0.3, -0.25) is 19.5 Å². The maximum Gasteiger partial charge on any atom is 0.251 e. The molecule has 2 aliphatic rings. The minimum Gasteiger partial charge on any atom is -0.349 e. The van der Waals surface area contributed by atoms with Gasteiger partial charge in [-0.25, -0.2) is 0 Å². The molecular formula is C23H28N4O2. The van der Waals surface area contributed by atoms with Crippen LogP contribution in [0.25, 0.3) is 0 Å². The van der Waals surface area contributed by atoms with Crippen LogP contribution >= 0.6 is 0 Å². The number of pyridine rings is 1. The van der Waals surface area contributed by atoms with E-state index in [9.17, 15) is 9.59 Å². The molecule has 0 unspecified atom stereocenters. The first-order valence-corrected chi connectivity index (χ1v) is 10.5. The smallest absolute Gasteiger partial charge is 0.251 e. The Hall–Kier alpha value is -2.73. The first kappa shape index (κ1) is 19.6. The molecule has 1 aromatic carbocycles. The third kappa shape index (κ3) is 5.01. The first-order chi connectivity index (χ1) is 14.2. The summed E-state index contributed by atoms with van der Waals surface area (Å²) in [6, 6.07) is 13.6. The summed E-state index contributed by atoms with van der Waals surface area (Å²) in [4.78, 5) is 33.3. The van der Waals surface area contributed by atoms with E-state index in [2.05, 4.69) is 21.3 Å². The molecule has 2 amide bonds. The van der Waals surface area contributed by atoms with Gasteiger partial charge in [-0.05, 0) is 62.1 Å². The van der Waals surface area contributed by atoms with Crippen molar-refractivity contribution in [2.75, 3.05) is 24.5 Å². The molecule has 0 radical (unpaired) electrons. The van der Waals surface area contributed by atoms with Crippen LogP contribution in [0.2, 0.25) is 0 Å². The Bertz CT molecular complexity index is 830. The molecule has 2 aliphatic heterocycles. The summed E-state index contributed by atoms with van der Waals surface area (Å²) in [6.07, 6.45) is 6.33. The minimum atomic E-state index is -0.0373. The van der Waals surface area contributed by atoms with Gasteiger partial charge in [0, 0.05) is 56.1 Å². The molecule has 2 fully saturated rings. The van der Waals surface area contributed by atoms with Gasteiger partial charge in [-0.1, -0.05) is 6.07 Å². The number of nitrogens with one attached hydrogen (secondary N) is 1. The van der Waals surface area contributed by atoms with Crippen molar-refractivity contribution in [2.24, 2.45) is 0 Å². The van der Waals surface area contributed by atoms with Crippen LogP contribution in [-0.4, -0.2) is 47.4 Å². The third-order valence-corrected chi connectivity index (χ3v) is 5.80. The lowest BCUT2D eigenvalue weighted by Crippen LogP contribution is -2.44. The van der Waals surface area contributed by atoms with E-state index < -0.39 is 0 Å². The lowest BCUT2D eigenvalue weighted by molar-refractivity contribution is -0.119. The number of aromatic nitrogens is 1. The second-order valence-electron chi connectivity index (χ2n) is 7.89. The van der Waals surface area contributed by atoms with Crippen LogP contribution in [0.5, 0.6) is 0 Å². The number of anilines is 1. The van der Waals surface area contributed by atoms with Gasteiger partial charge in [-0.2, -0.15) is 0 Å². The zero-order chi connectivity index (χ0) is 20.1. The van der Waals surface area contributed by atoms with Gasteiger partial charge in [-0.15, -0.1) is 0 Å². The van der Waals surface area contributed by atoms with Crippen LogP contribution in [-0.2, 0) is 11.3 Å². The van der Waals surface area contributed by atoms with E-state index in [1.54, 1.807) is 0 Å². The van der Waals surface area contributed by atoms with Crippen molar-refractivity contribution in [3.8, 4) is 0 Å². The van der Waals surface area contributed by atoms with Crippen LogP contribution in [0.1, 0.15) is 48.2 Å². The van der Waals surface area contributed by atoms with E-state index >= 15 is 0 Å². The SMILES string of the molecule is O=C(NC1CCN(Cc2ccccn2)CC1)c1ccc(N2CCCCC2=O)cc1. The Balaban J connectivity index is 1.27. The van der Waals surface area contributed by atoms with Crippen molar-refractivity contribution in [3.63, 3.8) is 0 Å². The van der Waals surface area contributed by atoms with Gasteiger partial charge in [0.15, 0.2) is 0 Å². The van der Waals surface area contributed by atoms with Crippen molar-refractivity contribution in [3.05, 3.63) is 59.9 Å². The summed E-state index contributed by atoms with van der Waals surface area (Å²) in [7, 11) is 0. The second-order valence-corrected chi connectivity index (χ2v) is 7.89. The van der Waals surface area contributed by atoms with Gasteiger partial charge in [0.05, 0.1) is 5.69 Å². The maximum absolute atomic E-state index is 12.6. The highest BCUT2D eigenvalue weighted by molar-refractivity contribution is 5.97. The average Bonchev–Trinajstić information content (AvgIpc) is 2.76. The van der Waals surface area contributed by atoms with Crippen molar-refractivity contribution in [2.45, 2.75) is 44.7 Å². The van der Waals surface area contributed by atoms with Gasteiger partial charge < -0.3 is 10.2 Å². The van der Waals surface area contributed by atoms with Gasteiger partial charge in [0.25, 0.3) is 5.91 Å². The van der Waals surface area contributed by atoms with Crippen LogP contribution in [0.15, 0.2) is 48.7 Å². The number of piperidine rings is 2. The zero-order valence-electron chi connectivity index (χ0n) is 16.7. The van der Waals surface area contributed by atoms with Crippen molar-refractivity contribution >= 4 is 17.5 Å². The van der Waals surface area contributed by atoms with Crippen LogP contribution in [0, 0.1) is 0 Å². The molecule has 29 heavy (non-hydrogen) atoms. The number of hydrogen-bond acceptors (Lipinski definition) is 4. The standard InChI is InChI=1S/C23H28N4O2/c28-22-6-2-4-14-27(22)21-9-7-18(8-10-21)23(29)25-19-11-15-26(16-12-19)17-20-5-1-3-13-24-20/h1,3,5,7-10,13,19H,2,4,6,11-12,14-17H2,(H,25,29). The normalized spacial score (nSPS) is 18.6. The van der Waals surface area contributed by atoms with E-state index in [1.807, 2.05) is 47.5 Å². The molecule has 2 aromatic rings. The monoisotopic (exact) mass is 392 g/mol. The molecule has 0 atom stereocenters. The topological polar surface area (TPSA) is 65.5 Å². The Labute approximate surface area is 171 Å². The largest absolute Gasteiger partial charge is 0.349 e. The molecule has 6 nitrogen and oxygen atoms in total. The fraction of sp³-hybridized carbons (Fsp3) is 0.435. The number of amides is 2.